The monoisotopic (exact) mass is 904 g/mol. The molecule has 5 aliphatic rings. The minimum absolute atomic E-state index is 0.295. The predicted octanol–water partition coefficient (Wildman–Crippen LogP) is 20.0. The standard InChI is InChI=1S/C68H73N/c1-68(56-39-35-50(36-40-56)48-21-7-2-8-22-48)64-33-19-17-32-60(64)61-44-43-58(47-65(61)68)69(66-34-20-18-31-59(66)51-25-11-4-12-26-51)57-41-37-54(38-42-57)67-62(52-27-13-5-14-28-52)45-55(49-23-9-3-10-24-49)46-63(67)53-29-15-6-16-30-53/h4,11-12,17-20,25-26,31-49,52-53H,2-3,5-10,13-16,21-24,27-30H2,1H3. The van der Waals surface area contributed by atoms with E-state index in [0.717, 1.165) is 5.92 Å². The topological polar surface area (TPSA) is 3.24 Å². The van der Waals surface area contributed by atoms with Crippen molar-refractivity contribution < 1.29 is 0 Å². The largest absolute Gasteiger partial charge is 0.310 e. The van der Waals surface area contributed by atoms with Crippen LogP contribution in [0.15, 0.2) is 158 Å². The van der Waals surface area contributed by atoms with Crippen molar-refractivity contribution in [3.8, 4) is 33.4 Å². The van der Waals surface area contributed by atoms with E-state index in [2.05, 4.69) is 170 Å². The lowest BCUT2D eigenvalue weighted by Gasteiger charge is -2.33. The Morgan fingerprint density at radius 2 is 0.855 bits per heavy atom. The van der Waals surface area contributed by atoms with Gasteiger partial charge in [0.15, 0.2) is 0 Å². The van der Waals surface area contributed by atoms with Gasteiger partial charge < -0.3 is 4.90 Å². The summed E-state index contributed by atoms with van der Waals surface area (Å²) in [6, 6.07) is 62.0. The number of fused-ring (bicyclic) bond motifs is 3. The smallest absolute Gasteiger partial charge is 0.0540 e. The molecule has 0 radical (unpaired) electrons. The van der Waals surface area contributed by atoms with Crippen LogP contribution in [0.1, 0.15) is 198 Å². The Morgan fingerprint density at radius 3 is 1.46 bits per heavy atom. The Labute approximate surface area is 414 Å². The summed E-state index contributed by atoms with van der Waals surface area (Å²) in [5.74, 6) is 2.73. The molecule has 0 saturated heterocycles. The van der Waals surface area contributed by atoms with Gasteiger partial charge in [0.2, 0.25) is 0 Å². The fourth-order valence-corrected chi connectivity index (χ4v) is 14.4. The second kappa shape index (κ2) is 19.6. The molecule has 0 aliphatic heterocycles. The summed E-state index contributed by atoms with van der Waals surface area (Å²) >= 11 is 0. The van der Waals surface area contributed by atoms with Gasteiger partial charge in [-0.1, -0.05) is 204 Å². The van der Waals surface area contributed by atoms with Crippen molar-refractivity contribution >= 4 is 17.1 Å². The van der Waals surface area contributed by atoms with Crippen LogP contribution in [0, 0.1) is 0 Å². The van der Waals surface area contributed by atoms with Gasteiger partial charge in [-0.25, -0.2) is 0 Å². The molecule has 1 nitrogen and oxygen atoms in total. The van der Waals surface area contributed by atoms with E-state index in [0.29, 0.717) is 17.8 Å². The van der Waals surface area contributed by atoms with Crippen LogP contribution in [-0.2, 0) is 5.41 Å². The number of hydrogen-bond donors (Lipinski definition) is 0. The highest BCUT2D eigenvalue weighted by Gasteiger charge is 2.41. The summed E-state index contributed by atoms with van der Waals surface area (Å²) in [4.78, 5) is 2.57. The Hall–Kier alpha value is -5.66. The number of rotatable bonds is 10. The number of nitrogens with zero attached hydrogens (tertiary/aromatic N) is 1. The van der Waals surface area contributed by atoms with Crippen molar-refractivity contribution in [2.75, 3.05) is 4.90 Å². The molecule has 7 aromatic carbocycles. The fourth-order valence-electron chi connectivity index (χ4n) is 14.4. The van der Waals surface area contributed by atoms with Crippen LogP contribution in [0.3, 0.4) is 0 Å². The Bertz CT molecular complexity index is 2820. The molecule has 1 unspecified atom stereocenters. The summed E-state index contributed by atoms with van der Waals surface area (Å²) < 4.78 is 0. The van der Waals surface area contributed by atoms with E-state index in [4.69, 9.17) is 0 Å². The minimum atomic E-state index is -0.295. The van der Waals surface area contributed by atoms with Crippen LogP contribution >= 0.6 is 0 Å². The van der Waals surface area contributed by atoms with E-state index in [-0.39, 0.29) is 5.41 Å². The molecular weight excluding hydrogens is 831 g/mol. The van der Waals surface area contributed by atoms with E-state index < -0.39 is 0 Å². The zero-order valence-electron chi connectivity index (χ0n) is 41.4. The third kappa shape index (κ3) is 8.51. The molecule has 1 atom stereocenters. The van der Waals surface area contributed by atoms with Crippen LogP contribution in [0.5, 0.6) is 0 Å². The molecule has 0 bridgehead atoms. The molecule has 12 rings (SSSR count). The first kappa shape index (κ1) is 44.5. The number of benzene rings is 7. The molecule has 0 amide bonds. The van der Waals surface area contributed by atoms with Gasteiger partial charge in [-0.15, -0.1) is 0 Å². The molecule has 1 heteroatoms. The molecule has 5 aliphatic carbocycles. The van der Waals surface area contributed by atoms with Gasteiger partial charge >= 0.3 is 0 Å². The van der Waals surface area contributed by atoms with Crippen LogP contribution in [0.2, 0.25) is 0 Å². The summed E-state index contributed by atoms with van der Waals surface area (Å²) in [5.41, 5.74) is 22.2. The number of hydrogen-bond acceptors (Lipinski definition) is 1. The molecule has 350 valence electrons. The molecule has 0 N–H and O–H groups in total. The first-order chi connectivity index (χ1) is 34.1. The SMILES string of the molecule is CC1(c2ccc(C3CCCCC3)cc2)c2ccccc2-c2ccc(N(c3ccc(-c4c(C5CCCCC5)cc(C5CCCCC5)cc4C4CCCCC4)cc3)c3ccccc3-c3ccccc3)cc21. The Balaban J connectivity index is 1.00. The average molecular weight is 904 g/mol. The number of anilines is 3. The van der Waals surface area contributed by atoms with Gasteiger partial charge in [-0.05, 0) is 179 Å². The lowest BCUT2D eigenvalue weighted by atomic mass is 9.72. The summed E-state index contributed by atoms with van der Waals surface area (Å²) in [6.07, 6.45) is 27.2. The minimum Gasteiger partial charge on any atom is -0.310 e. The second-order valence-corrected chi connectivity index (χ2v) is 22.2. The van der Waals surface area contributed by atoms with E-state index in [1.54, 1.807) is 22.3 Å². The first-order valence-electron chi connectivity index (χ1n) is 27.7. The normalized spacial score (nSPS) is 20.4. The molecular formula is C68H73N. The Morgan fingerprint density at radius 1 is 0.362 bits per heavy atom. The molecule has 4 fully saturated rings. The van der Waals surface area contributed by atoms with Crippen LogP contribution in [0.25, 0.3) is 33.4 Å². The van der Waals surface area contributed by atoms with Crippen LogP contribution < -0.4 is 4.90 Å². The highest BCUT2D eigenvalue weighted by Crippen LogP contribution is 2.55. The lowest BCUT2D eigenvalue weighted by Crippen LogP contribution is -2.23. The second-order valence-electron chi connectivity index (χ2n) is 22.2. The van der Waals surface area contributed by atoms with Crippen molar-refractivity contribution in [2.45, 2.75) is 164 Å². The van der Waals surface area contributed by atoms with Gasteiger partial charge in [-0.3, -0.25) is 0 Å². The molecule has 0 spiro atoms. The van der Waals surface area contributed by atoms with Gasteiger partial charge in [0.05, 0.1) is 5.69 Å². The van der Waals surface area contributed by atoms with Crippen molar-refractivity contribution in [1.29, 1.82) is 0 Å². The molecule has 69 heavy (non-hydrogen) atoms. The van der Waals surface area contributed by atoms with E-state index in [1.807, 2.05) is 0 Å². The molecule has 0 aromatic heterocycles. The predicted molar refractivity (Wildman–Crippen MR) is 293 cm³/mol. The maximum Gasteiger partial charge on any atom is 0.0540 e. The van der Waals surface area contributed by atoms with Crippen molar-refractivity contribution in [2.24, 2.45) is 0 Å². The van der Waals surface area contributed by atoms with Gasteiger partial charge in [-0.2, -0.15) is 0 Å². The summed E-state index contributed by atoms with van der Waals surface area (Å²) in [6.45, 7) is 2.49. The first-order valence-corrected chi connectivity index (χ1v) is 27.7. The third-order valence-corrected chi connectivity index (χ3v) is 18.2. The van der Waals surface area contributed by atoms with E-state index >= 15 is 0 Å². The fraction of sp³-hybridized carbons (Fsp3) is 0.382. The lowest BCUT2D eigenvalue weighted by molar-refractivity contribution is 0.428. The summed E-state index contributed by atoms with van der Waals surface area (Å²) in [5, 5.41) is 0. The van der Waals surface area contributed by atoms with Crippen LogP contribution in [0.4, 0.5) is 17.1 Å². The third-order valence-electron chi connectivity index (χ3n) is 18.2. The highest BCUT2D eigenvalue weighted by atomic mass is 15.1. The van der Waals surface area contributed by atoms with Gasteiger partial charge in [0, 0.05) is 22.4 Å². The van der Waals surface area contributed by atoms with Gasteiger partial charge in [0.25, 0.3) is 0 Å². The van der Waals surface area contributed by atoms with Crippen LogP contribution in [-0.4, -0.2) is 0 Å². The summed E-state index contributed by atoms with van der Waals surface area (Å²) in [7, 11) is 0. The van der Waals surface area contributed by atoms with Crippen molar-refractivity contribution in [3.63, 3.8) is 0 Å². The highest BCUT2D eigenvalue weighted by molar-refractivity contribution is 5.91. The van der Waals surface area contributed by atoms with Crippen molar-refractivity contribution in [3.05, 3.63) is 197 Å². The van der Waals surface area contributed by atoms with E-state index in [9.17, 15) is 0 Å². The number of para-hydroxylation sites is 1. The molecule has 4 saturated carbocycles. The Kier molecular flexibility index (Phi) is 12.7. The van der Waals surface area contributed by atoms with Crippen molar-refractivity contribution in [1.82, 2.24) is 0 Å². The average Bonchev–Trinajstić information content (AvgIpc) is 3.69. The molecule has 0 heterocycles. The van der Waals surface area contributed by atoms with Gasteiger partial charge in [0.1, 0.15) is 0 Å². The van der Waals surface area contributed by atoms with E-state index in [1.165, 1.54) is 196 Å². The maximum atomic E-state index is 2.76. The zero-order valence-corrected chi connectivity index (χ0v) is 41.4. The quantitative estimate of drug-likeness (QED) is 0.132. The maximum absolute atomic E-state index is 2.76. The zero-order chi connectivity index (χ0) is 46.2. The molecule has 7 aromatic rings.